The molecule has 8 heteroatoms. The minimum atomic E-state index is -0.624. The van der Waals surface area contributed by atoms with Gasteiger partial charge in [-0.1, -0.05) is 6.08 Å². The van der Waals surface area contributed by atoms with E-state index in [0.29, 0.717) is 10.7 Å². The molecule has 1 aliphatic rings. The van der Waals surface area contributed by atoms with Crippen molar-refractivity contribution in [2.45, 2.75) is 0 Å². The molecule has 1 aliphatic heterocycles. The second kappa shape index (κ2) is 4.88. The summed E-state index contributed by atoms with van der Waals surface area (Å²) >= 11 is 1.07. The molecule has 2 N–H and O–H groups in total. The Morgan fingerprint density at radius 2 is 2.28 bits per heavy atom. The van der Waals surface area contributed by atoms with E-state index in [2.05, 4.69) is 4.99 Å². The molecule has 0 atom stereocenters. The standard InChI is InChI=1S/C10H7N3O4S/c11-10-12-9(14)7(18-10)3-1-2-6-4-5-8(17-6)13(15)16/h1-5H,(H2,11,12,14). The van der Waals surface area contributed by atoms with Gasteiger partial charge in [0.15, 0.2) is 5.17 Å². The van der Waals surface area contributed by atoms with Gasteiger partial charge in [0.2, 0.25) is 0 Å². The average Bonchev–Trinajstić information content (AvgIpc) is 2.87. The molecule has 0 unspecified atom stereocenters. The van der Waals surface area contributed by atoms with Crippen LogP contribution >= 0.6 is 11.8 Å². The first-order valence-electron chi connectivity index (χ1n) is 4.75. The van der Waals surface area contributed by atoms with Gasteiger partial charge < -0.3 is 10.2 Å². The van der Waals surface area contributed by atoms with Gasteiger partial charge in [0.05, 0.1) is 11.0 Å². The molecule has 92 valence electrons. The summed E-state index contributed by atoms with van der Waals surface area (Å²) in [6, 6.07) is 2.71. The zero-order valence-electron chi connectivity index (χ0n) is 8.90. The number of nitrogens with zero attached hydrogens (tertiary/aromatic N) is 2. The lowest BCUT2D eigenvalue weighted by Gasteiger charge is -1.87. The maximum absolute atomic E-state index is 11.2. The summed E-state index contributed by atoms with van der Waals surface area (Å²) in [5.41, 5.74) is 5.37. The first-order valence-corrected chi connectivity index (χ1v) is 5.57. The Kier molecular flexibility index (Phi) is 3.28. The minimum Gasteiger partial charge on any atom is -0.401 e. The first-order chi connectivity index (χ1) is 8.56. The quantitative estimate of drug-likeness (QED) is 0.505. The average molecular weight is 265 g/mol. The monoisotopic (exact) mass is 265 g/mol. The molecule has 0 aromatic carbocycles. The van der Waals surface area contributed by atoms with E-state index < -0.39 is 10.8 Å². The number of nitrogens with two attached hydrogens (primary N) is 1. The number of furan rings is 1. The summed E-state index contributed by atoms with van der Waals surface area (Å²) in [6.07, 6.45) is 4.56. The van der Waals surface area contributed by atoms with Crippen molar-refractivity contribution in [3.63, 3.8) is 0 Å². The Bertz CT molecular complexity index is 600. The van der Waals surface area contributed by atoms with E-state index in [-0.39, 0.29) is 11.1 Å². The predicted octanol–water partition coefficient (Wildman–Crippen LogP) is 1.67. The van der Waals surface area contributed by atoms with E-state index in [1.807, 2.05) is 0 Å². The van der Waals surface area contributed by atoms with Crippen molar-refractivity contribution in [2.24, 2.45) is 10.7 Å². The fraction of sp³-hybridized carbons (Fsp3) is 0. The normalized spacial score (nSPS) is 17.7. The highest BCUT2D eigenvalue weighted by molar-refractivity contribution is 8.18. The maximum atomic E-state index is 11.2. The number of amides is 1. The summed E-state index contributed by atoms with van der Waals surface area (Å²) in [5, 5.41) is 10.6. The van der Waals surface area contributed by atoms with Crippen LogP contribution in [0.15, 0.2) is 38.6 Å². The van der Waals surface area contributed by atoms with Gasteiger partial charge in [-0.3, -0.25) is 14.9 Å². The highest BCUT2D eigenvalue weighted by Crippen LogP contribution is 2.24. The molecule has 1 aromatic heterocycles. The Labute approximate surface area is 105 Å². The van der Waals surface area contributed by atoms with Gasteiger partial charge in [-0.2, -0.15) is 4.99 Å². The zero-order valence-corrected chi connectivity index (χ0v) is 9.72. The molecule has 0 spiro atoms. The minimum absolute atomic E-state index is 0.202. The van der Waals surface area contributed by atoms with E-state index in [1.54, 1.807) is 0 Å². The van der Waals surface area contributed by atoms with Gasteiger partial charge in [-0.15, -0.1) is 0 Å². The molecule has 0 radical (unpaired) electrons. The van der Waals surface area contributed by atoms with Crippen molar-refractivity contribution in [3.8, 4) is 0 Å². The molecule has 1 aromatic rings. The summed E-state index contributed by atoms with van der Waals surface area (Å²) in [6.45, 7) is 0. The molecule has 0 saturated heterocycles. The maximum Gasteiger partial charge on any atom is 0.433 e. The number of aliphatic imine (C=N–C) groups is 1. The third kappa shape index (κ3) is 2.66. The Hall–Kier alpha value is -2.35. The van der Waals surface area contributed by atoms with Crippen molar-refractivity contribution in [1.29, 1.82) is 0 Å². The molecular weight excluding hydrogens is 258 g/mol. The van der Waals surface area contributed by atoms with E-state index in [0.717, 1.165) is 11.8 Å². The molecule has 0 aliphatic carbocycles. The lowest BCUT2D eigenvalue weighted by Crippen LogP contribution is -2.01. The number of amidine groups is 1. The second-order valence-electron chi connectivity index (χ2n) is 3.18. The summed E-state index contributed by atoms with van der Waals surface area (Å²) < 4.78 is 4.90. The van der Waals surface area contributed by atoms with Crippen LogP contribution in [0.2, 0.25) is 0 Å². The van der Waals surface area contributed by atoms with Crippen molar-refractivity contribution < 1.29 is 14.1 Å². The van der Waals surface area contributed by atoms with Crippen LogP contribution in [0.4, 0.5) is 5.88 Å². The van der Waals surface area contributed by atoms with Crippen LogP contribution in [0.5, 0.6) is 0 Å². The van der Waals surface area contributed by atoms with Crippen LogP contribution in [0.1, 0.15) is 5.76 Å². The topological polar surface area (TPSA) is 112 Å². The van der Waals surface area contributed by atoms with E-state index in [9.17, 15) is 14.9 Å². The number of hydrogen-bond donors (Lipinski definition) is 1. The van der Waals surface area contributed by atoms with Gasteiger partial charge in [0.1, 0.15) is 10.7 Å². The van der Waals surface area contributed by atoms with Crippen LogP contribution < -0.4 is 5.73 Å². The number of nitro groups is 1. The molecular formula is C10H7N3O4S. The third-order valence-corrected chi connectivity index (χ3v) is 2.77. The van der Waals surface area contributed by atoms with E-state index in [1.165, 1.54) is 30.4 Å². The molecule has 7 nitrogen and oxygen atoms in total. The number of hydrogen-bond acceptors (Lipinski definition) is 6. The molecule has 2 rings (SSSR count). The Morgan fingerprint density at radius 3 is 2.83 bits per heavy atom. The largest absolute Gasteiger partial charge is 0.433 e. The van der Waals surface area contributed by atoms with Crippen molar-refractivity contribution in [3.05, 3.63) is 45.1 Å². The lowest BCUT2D eigenvalue weighted by molar-refractivity contribution is -0.402. The van der Waals surface area contributed by atoms with Crippen molar-refractivity contribution >= 4 is 34.8 Å². The van der Waals surface area contributed by atoms with Crippen molar-refractivity contribution in [1.82, 2.24) is 0 Å². The van der Waals surface area contributed by atoms with Gasteiger partial charge in [-0.05, 0) is 30.0 Å². The van der Waals surface area contributed by atoms with Crippen LogP contribution in [0, 0.1) is 10.1 Å². The number of allylic oxidation sites excluding steroid dienone is 2. The second-order valence-corrected chi connectivity index (χ2v) is 4.24. The van der Waals surface area contributed by atoms with E-state index in [4.69, 9.17) is 10.2 Å². The summed E-state index contributed by atoms with van der Waals surface area (Å²) in [7, 11) is 0. The molecule has 0 bridgehead atoms. The van der Waals surface area contributed by atoms with Crippen LogP contribution in [-0.4, -0.2) is 16.0 Å². The Morgan fingerprint density at radius 1 is 1.50 bits per heavy atom. The number of rotatable bonds is 3. The Balaban J connectivity index is 2.06. The SMILES string of the molecule is NC1=NC(=O)C(=CC=Cc2ccc([N+](=O)[O-])o2)S1. The molecule has 18 heavy (non-hydrogen) atoms. The molecule has 2 heterocycles. The van der Waals surface area contributed by atoms with Gasteiger partial charge >= 0.3 is 5.88 Å². The molecule has 0 saturated carbocycles. The number of thioether (sulfide) groups is 1. The smallest absolute Gasteiger partial charge is 0.401 e. The number of carbonyl (C=O) groups excluding carboxylic acids is 1. The predicted molar refractivity (Wildman–Crippen MR) is 66.7 cm³/mol. The zero-order chi connectivity index (χ0) is 13.1. The van der Waals surface area contributed by atoms with Crippen LogP contribution in [0.3, 0.4) is 0 Å². The highest BCUT2D eigenvalue weighted by Gasteiger charge is 2.18. The lowest BCUT2D eigenvalue weighted by atomic mass is 10.3. The van der Waals surface area contributed by atoms with Crippen LogP contribution in [0.25, 0.3) is 6.08 Å². The fourth-order valence-electron chi connectivity index (χ4n) is 1.20. The van der Waals surface area contributed by atoms with E-state index >= 15 is 0 Å². The third-order valence-electron chi connectivity index (χ3n) is 1.94. The summed E-state index contributed by atoms with van der Waals surface area (Å²) in [5.74, 6) is -0.406. The van der Waals surface area contributed by atoms with Gasteiger partial charge in [0.25, 0.3) is 5.91 Å². The highest BCUT2D eigenvalue weighted by atomic mass is 32.2. The van der Waals surface area contributed by atoms with Crippen LogP contribution in [-0.2, 0) is 4.79 Å². The van der Waals surface area contributed by atoms with Gasteiger partial charge in [0, 0.05) is 0 Å². The molecule has 0 fully saturated rings. The first kappa shape index (κ1) is 12.1. The summed E-state index contributed by atoms with van der Waals surface area (Å²) in [4.78, 5) is 24.9. The van der Waals surface area contributed by atoms with Crippen molar-refractivity contribution in [2.75, 3.05) is 0 Å². The van der Waals surface area contributed by atoms with Gasteiger partial charge in [-0.25, -0.2) is 0 Å². The fourth-order valence-corrected chi connectivity index (χ4v) is 1.83. The number of carbonyl (C=O) groups is 1. The molecule has 1 amide bonds.